The monoisotopic (exact) mass is 485 g/mol. The highest BCUT2D eigenvalue weighted by atomic mass is 32.2. The highest BCUT2D eigenvalue weighted by Gasteiger charge is 2.38. The van der Waals surface area contributed by atoms with E-state index in [9.17, 15) is 13.5 Å². The minimum atomic E-state index is -3.82. The summed E-state index contributed by atoms with van der Waals surface area (Å²) in [5.74, 6) is 0.314. The molecule has 2 aliphatic rings. The minimum Gasteiger partial charge on any atom is -0.487 e. The molecule has 0 bridgehead atoms. The number of ether oxygens (including phenoxy) is 1. The molecule has 0 unspecified atom stereocenters. The number of pyridine rings is 1. The molecule has 2 aromatic rings. The smallest absolute Gasteiger partial charge is 0.247 e. The molecule has 0 radical (unpaired) electrons. The Hall–Kier alpha value is -2.26. The summed E-state index contributed by atoms with van der Waals surface area (Å²) in [6, 6.07) is 8.88. The molecule has 1 aliphatic carbocycles. The lowest BCUT2D eigenvalue weighted by Gasteiger charge is -2.37. The first kappa shape index (κ1) is 24.9. The quantitative estimate of drug-likeness (QED) is 0.646. The zero-order valence-corrected chi connectivity index (χ0v) is 21.0. The standard InChI is InChI=1S/C26H35N3O4S/c1-19-15-29(20(2)18-30)34(31,32)26-11-10-23(22-8-4-5-9-22)13-24(26)33-25(19)17-28(3)16-21-7-6-12-27-14-21/h6-8,10-14,19-20,25,30H,4-5,9,15-18H2,1-3H3/t19-,20+,25+/m0/s1. The third kappa shape index (κ3) is 5.35. The first-order chi connectivity index (χ1) is 16.3. The van der Waals surface area contributed by atoms with Gasteiger partial charge in [0.2, 0.25) is 10.0 Å². The largest absolute Gasteiger partial charge is 0.487 e. The second kappa shape index (κ2) is 10.6. The second-order valence-electron chi connectivity index (χ2n) is 9.58. The van der Waals surface area contributed by atoms with E-state index < -0.39 is 16.1 Å². The molecule has 0 fully saturated rings. The van der Waals surface area contributed by atoms with Gasteiger partial charge >= 0.3 is 0 Å². The Morgan fingerprint density at radius 2 is 2.15 bits per heavy atom. The molecule has 1 aromatic carbocycles. The molecule has 2 heterocycles. The van der Waals surface area contributed by atoms with E-state index in [0.29, 0.717) is 12.3 Å². The maximum absolute atomic E-state index is 13.6. The van der Waals surface area contributed by atoms with Crippen LogP contribution in [0, 0.1) is 5.92 Å². The molecule has 0 amide bonds. The van der Waals surface area contributed by atoms with Gasteiger partial charge in [0.1, 0.15) is 16.7 Å². The van der Waals surface area contributed by atoms with Crippen LogP contribution in [0.2, 0.25) is 0 Å². The van der Waals surface area contributed by atoms with E-state index in [2.05, 4.69) is 16.0 Å². The molecule has 0 spiro atoms. The van der Waals surface area contributed by atoms with Gasteiger partial charge in [0, 0.05) is 44.0 Å². The van der Waals surface area contributed by atoms with Gasteiger partial charge in [-0.3, -0.25) is 9.88 Å². The van der Waals surface area contributed by atoms with Crippen molar-refractivity contribution in [2.45, 2.75) is 56.7 Å². The number of hydrogen-bond acceptors (Lipinski definition) is 6. The number of sulfonamides is 1. The number of fused-ring (bicyclic) bond motifs is 1. The van der Waals surface area contributed by atoms with Crippen molar-refractivity contribution in [3.63, 3.8) is 0 Å². The summed E-state index contributed by atoms with van der Waals surface area (Å²) in [6.07, 6.45) is 8.77. The molecule has 0 saturated carbocycles. The van der Waals surface area contributed by atoms with E-state index in [-0.39, 0.29) is 30.1 Å². The van der Waals surface area contributed by atoms with Crippen molar-refractivity contribution in [2.24, 2.45) is 5.92 Å². The van der Waals surface area contributed by atoms with Crippen molar-refractivity contribution >= 4 is 15.6 Å². The van der Waals surface area contributed by atoms with Gasteiger partial charge in [0.25, 0.3) is 0 Å². The first-order valence-electron chi connectivity index (χ1n) is 12.0. The zero-order chi connectivity index (χ0) is 24.3. The fourth-order valence-electron chi connectivity index (χ4n) is 4.75. The fraction of sp³-hybridized carbons (Fsp3) is 0.500. The van der Waals surface area contributed by atoms with Crippen molar-refractivity contribution in [2.75, 3.05) is 26.7 Å². The number of hydrogen-bond donors (Lipinski definition) is 1. The number of aliphatic hydroxyl groups is 1. The molecule has 7 nitrogen and oxygen atoms in total. The van der Waals surface area contributed by atoms with E-state index in [1.54, 1.807) is 19.2 Å². The Balaban J connectivity index is 1.69. The Morgan fingerprint density at radius 3 is 2.82 bits per heavy atom. The van der Waals surface area contributed by atoms with Gasteiger partial charge in [0.15, 0.2) is 0 Å². The van der Waals surface area contributed by atoms with Gasteiger partial charge in [0.05, 0.1) is 6.61 Å². The lowest BCUT2D eigenvalue weighted by atomic mass is 10.0. The number of likely N-dealkylation sites (N-methyl/N-ethyl adjacent to an activating group) is 1. The van der Waals surface area contributed by atoms with Crippen molar-refractivity contribution in [1.82, 2.24) is 14.2 Å². The van der Waals surface area contributed by atoms with Crippen LogP contribution in [-0.2, 0) is 16.6 Å². The van der Waals surface area contributed by atoms with E-state index in [1.807, 2.05) is 44.4 Å². The maximum Gasteiger partial charge on any atom is 0.247 e. The lowest BCUT2D eigenvalue weighted by Crippen LogP contribution is -2.49. The minimum absolute atomic E-state index is 0.0809. The number of aromatic nitrogens is 1. The topological polar surface area (TPSA) is 83.0 Å². The van der Waals surface area contributed by atoms with Crippen molar-refractivity contribution < 1.29 is 18.3 Å². The molecule has 3 atom stereocenters. The summed E-state index contributed by atoms with van der Waals surface area (Å²) >= 11 is 0. The van der Waals surface area contributed by atoms with Gasteiger partial charge in [-0.1, -0.05) is 25.1 Å². The predicted molar refractivity (Wildman–Crippen MR) is 133 cm³/mol. The SMILES string of the molecule is C[C@H](CO)N1C[C@H](C)[C@@H](CN(C)Cc2cccnc2)Oc2cc(C3=CCCC3)ccc2S1(=O)=O. The summed E-state index contributed by atoms with van der Waals surface area (Å²) < 4.78 is 35.2. The molecule has 8 heteroatoms. The molecule has 184 valence electrons. The lowest BCUT2D eigenvalue weighted by molar-refractivity contribution is 0.0733. The van der Waals surface area contributed by atoms with Crippen LogP contribution in [0.4, 0.5) is 0 Å². The highest BCUT2D eigenvalue weighted by Crippen LogP contribution is 2.37. The van der Waals surface area contributed by atoms with Crippen LogP contribution in [0.5, 0.6) is 5.75 Å². The summed E-state index contributed by atoms with van der Waals surface area (Å²) in [6.45, 7) is 5.15. The molecule has 34 heavy (non-hydrogen) atoms. The van der Waals surface area contributed by atoms with Crippen LogP contribution < -0.4 is 4.74 Å². The van der Waals surface area contributed by atoms with Gasteiger partial charge in [-0.15, -0.1) is 0 Å². The van der Waals surface area contributed by atoms with Crippen molar-refractivity contribution in [3.05, 3.63) is 59.9 Å². The molecule has 1 aliphatic heterocycles. The zero-order valence-electron chi connectivity index (χ0n) is 20.2. The summed E-state index contributed by atoms with van der Waals surface area (Å²) in [4.78, 5) is 6.54. The third-order valence-electron chi connectivity index (χ3n) is 6.75. The van der Waals surface area contributed by atoms with Crippen molar-refractivity contribution in [1.29, 1.82) is 0 Å². The Bertz CT molecular complexity index is 1120. The molecule has 1 aromatic heterocycles. The normalized spacial score (nSPS) is 23.5. The summed E-state index contributed by atoms with van der Waals surface area (Å²) in [5.41, 5.74) is 3.37. The Morgan fingerprint density at radius 1 is 1.32 bits per heavy atom. The Labute approximate surface area is 203 Å². The first-order valence-corrected chi connectivity index (χ1v) is 13.4. The van der Waals surface area contributed by atoms with Crippen LogP contribution in [-0.4, -0.2) is 66.6 Å². The number of nitrogens with zero attached hydrogens (tertiary/aromatic N) is 3. The van der Waals surface area contributed by atoms with Gasteiger partial charge in [-0.2, -0.15) is 4.31 Å². The fourth-order valence-corrected chi connectivity index (χ4v) is 6.58. The number of benzene rings is 1. The van der Waals surface area contributed by atoms with Crippen LogP contribution >= 0.6 is 0 Å². The van der Waals surface area contributed by atoms with Gasteiger partial charge < -0.3 is 9.84 Å². The average molecular weight is 486 g/mol. The number of aliphatic hydroxyl groups excluding tert-OH is 1. The molecule has 1 N–H and O–H groups in total. The number of rotatable bonds is 7. The van der Waals surface area contributed by atoms with Crippen LogP contribution in [0.15, 0.2) is 53.7 Å². The highest BCUT2D eigenvalue weighted by molar-refractivity contribution is 7.89. The molecular weight excluding hydrogens is 450 g/mol. The average Bonchev–Trinajstić information content (AvgIpc) is 3.36. The van der Waals surface area contributed by atoms with E-state index >= 15 is 0 Å². The van der Waals surface area contributed by atoms with Crippen LogP contribution in [0.1, 0.15) is 44.2 Å². The van der Waals surface area contributed by atoms with Gasteiger partial charge in [-0.05, 0) is 68.1 Å². The van der Waals surface area contributed by atoms with Crippen LogP contribution in [0.25, 0.3) is 5.57 Å². The summed E-state index contributed by atoms with van der Waals surface area (Å²) in [7, 11) is -1.79. The van der Waals surface area contributed by atoms with Crippen molar-refractivity contribution in [3.8, 4) is 5.75 Å². The molecular formula is C26H35N3O4S. The maximum atomic E-state index is 13.6. The predicted octanol–water partition coefficient (Wildman–Crippen LogP) is 3.55. The van der Waals surface area contributed by atoms with E-state index in [0.717, 1.165) is 36.9 Å². The summed E-state index contributed by atoms with van der Waals surface area (Å²) in [5, 5.41) is 9.82. The Kier molecular flexibility index (Phi) is 7.72. The third-order valence-corrected chi connectivity index (χ3v) is 8.77. The number of allylic oxidation sites excluding steroid dienone is 2. The second-order valence-corrected chi connectivity index (χ2v) is 11.4. The van der Waals surface area contributed by atoms with E-state index in [1.165, 1.54) is 9.88 Å². The van der Waals surface area contributed by atoms with Gasteiger partial charge in [-0.25, -0.2) is 8.42 Å². The molecule has 4 rings (SSSR count). The molecule has 0 saturated heterocycles. The van der Waals surface area contributed by atoms with E-state index in [4.69, 9.17) is 4.74 Å². The van der Waals surface area contributed by atoms with Crippen LogP contribution in [0.3, 0.4) is 0 Å².